The summed E-state index contributed by atoms with van der Waals surface area (Å²) in [7, 11) is 0. The van der Waals surface area contributed by atoms with Crippen molar-refractivity contribution in [2.75, 3.05) is 44.3 Å². The number of hydrogen-bond acceptors (Lipinski definition) is 7. The SMILES string of the molecule is CCc1cccc2sc(N(CCN3CCOCC3)C(=O)/C=C/c3cccc([N+](=O)[O-])c3)nc12. The molecule has 0 atom stereocenters. The number of hydrogen-bond donors (Lipinski definition) is 0. The first kappa shape index (κ1) is 23.0. The first-order valence-corrected chi connectivity index (χ1v) is 11.8. The Bertz CT molecular complexity index is 1170. The predicted octanol–water partition coefficient (Wildman–Crippen LogP) is 4.15. The summed E-state index contributed by atoms with van der Waals surface area (Å²) < 4.78 is 6.48. The second kappa shape index (κ2) is 10.7. The summed E-state index contributed by atoms with van der Waals surface area (Å²) >= 11 is 1.51. The number of non-ortho nitro benzene ring substituents is 1. The lowest BCUT2D eigenvalue weighted by atomic mass is 10.1. The van der Waals surface area contributed by atoms with Crippen molar-refractivity contribution in [3.8, 4) is 0 Å². The molecule has 1 amide bonds. The molecule has 1 aliphatic heterocycles. The molecule has 3 aromatic rings. The highest BCUT2D eigenvalue weighted by molar-refractivity contribution is 7.22. The summed E-state index contributed by atoms with van der Waals surface area (Å²) in [5.41, 5.74) is 2.69. The molecule has 0 aliphatic carbocycles. The lowest BCUT2D eigenvalue weighted by Gasteiger charge is -2.28. The third kappa shape index (κ3) is 5.62. The van der Waals surface area contributed by atoms with Crippen LogP contribution in [0.15, 0.2) is 48.5 Å². The highest BCUT2D eigenvalue weighted by Gasteiger charge is 2.21. The quantitative estimate of drug-likeness (QED) is 0.282. The van der Waals surface area contributed by atoms with Gasteiger partial charge < -0.3 is 4.74 Å². The Hall–Kier alpha value is -3.14. The van der Waals surface area contributed by atoms with Crippen LogP contribution in [0.2, 0.25) is 0 Å². The van der Waals surface area contributed by atoms with Crippen LogP contribution in [0.5, 0.6) is 0 Å². The second-order valence-corrected chi connectivity index (χ2v) is 8.75. The number of rotatable bonds is 8. The van der Waals surface area contributed by atoms with Crippen molar-refractivity contribution in [1.29, 1.82) is 0 Å². The van der Waals surface area contributed by atoms with Gasteiger partial charge in [-0.25, -0.2) is 4.98 Å². The van der Waals surface area contributed by atoms with Crippen LogP contribution >= 0.6 is 11.3 Å². The molecule has 9 heteroatoms. The Kier molecular flexibility index (Phi) is 7.43. The lowest BCUT2D eigenvalue weighted by Crippen LogP contribution is -2.42. The van der Waals surface area contributed by atoms with Crippen molar-refractivity contribution < 1.29 is 14.5 Å². The van der Waals surface area contributed by atoms with E-state index in [0.29, 0.717) is 30.5 Å². The molecule has 0 bridgehead atoms. The normalized spacial score (nSPS) is 14.7. The average molecular weight is 467 g/mol. The molecule has 1 aliphatic rings. The molecule has 2 heterocycles. The molecule has 0 unspecified atom stereocenters. The minimum atomic E-state index is -0.444. The van der Waals surface area contributed by atoms with E-state index in [0.717, 1.165) is 41.8 Å². The number of carbonyl (C=O) groups is 1. The van der Waals surface area contributed by atoms with Crippen molar-refractivity contribution in [3.63, 3.8) is 0 Å². The first-order chi connectivity index (χ1) is 16.0. The molecule has 1 saturated heterocycles. The van der Waals surface area contributed by atoms with Crippen LogP contribution in [0.25, 0.3) is 16.3 Å². The van der Waals surface area contributed by atoms with Crippen LogP contribution in [-0.4, -0.2) is 60.1 Å². The van der Waals surface area contributed by atoms with Gasteiger partial charge in [-0.2, -0.15) is 0 Å². The number of nitro benzene ring substituents is 1. The number of aromatic nitrogens is 1. The maximum absolute atomic E-state index is 13.3. The molecule has 0 radical (unpaired) electrons. The maximum Gasteiger partial charge on any atom is 0.270 e. The van der Waals surface area contributed by atoms with Gasteiger partial charge in [-0.1, -0.05) is 42.5 Å². The standard InChI is InChI=1S/C24H26N4O4S/c1-2-19-6-4-8-21-23(19)25-24(33-21)27(12-11-26-13-15-32-16-14-26)22(29)10-9-18-5-3-7-20(17-18)28(30)31/h3-10,17H,2,11-16H2,1H3/b10-9+. The number of benzene rings is 2. The number of carbonyl (C=O) groups excluding carboxylic acids is 1. The third-order valence-electron chi connectivity index (χ3n) is 5.61. The first-order valence-electron chi connectivity index (χ1n) is 11.0. The Morgan fingerprint density at radius 3 is 2.82 bits per heavy atom. The van der Waals surface area contributed by atoms with Crippen LogP contribution in [0.3, 0.4) is 0 Å². The van der Waals surface area contributed by atoms with E-state index in [1.165, 1.54) is 29.5 Å². The number of fused-ring (bicyclic) bond motifs is 1. The number of anilines is 1. The molecule has 2 aromatic carbocycles. The van der Waals surface area contributed by atoms with Gasteiger partial charge in [-0.3, -0.25) is 24.7 Å². The largest absolute Gasteiger partial charge is 0.379 e. The van der Waals surface area contributed by atoms with Gasteiger partial charge in [0.15, 0.2) is 5.13 Å². The van der Waals surface area contributed by atoms with Gasteiger partial charge in [-0.05, 0) is 29.7 Å². The van der Waals surface area contributed by atoms with Crippen molar-refractivity contribution in [2.45, 2.75) is 13.3 Å². The summed E-state index contributed by atoms with van der Waals surface area (Å²) in [6.07, 6.45) is 3.95. The average Bonchev–Trinajstić information content (AvgIpc) is 3.27. The summed E-state index contributed by atoms with van der Waals surface area (Å²) in [4.78, 5) is 32.7. The van der Waals surface area contributed by atoms with Crippen LogP contribution in [0.1, 0.15) is 18.1 Å². The van der Waals surface area contributed by atoms with Crippen LogP contribution in [0, 0.1) is 10.1 Å². The monoisotopic (exact) mass is 466 g/mol. The summed E-state index contributed by atoms with van der Waals surface area (Å²) in [5.74, 6) is -0.202. The van der Waals surface area contributed by atoms with Crippen LogP contribution < -0.4 is 4.90 Å². The topological polar surface area (TPSA) is 88.8 Å². The van der Waals surface area contributed by atoms with Crippen molar-refractivity contribution >= 4 is 44.4 Å². The zero-order chi connectivity index (χ0) is 23.2. The number of para-hydroxylation sites is 1. The highest BCUT2D eigenvalue weighted by Crippen LogP contribution is 2.31. The summed E-state index contributed by atoms with van der Waals surface area (Å²) in [5, 5.41) is 11.7. The van der Waals surface area contributed by atoms with Gasteiger partial charge in [0.05, 0.1) is 28.4 Å². The number of nitrogens with zero attached hydrogens (tertiary/aromatic N) is 4. The maximum atomic E-state index is 13.3. The summed E-state index contributed by atoms with van der Waals surface area (Å²) in [6, 6.07) is 12.3. The smallest absolute Gasteiger partial charge is 0.270 e. The van der Waals surface area contributed by atoms with E-state index >= 15 is 0 Å². The molecule has 1 fully saturated rings. The molecular weight excluding hydrogens is 440 g/mol. The van der Waals surface area contributed by atoms with Crippen molar-refractivity contribution in [2.24, 2.45) is 0 Å². The summed E-state index contributed by atoms with van der Waals surface area (Å²) in [6.45, 7) is 6.38. The van der Waals surface area contributed by atoms with Gasteiger partial charge >= 0.3 is 0 Å². The number of aryl methyl sites for hydroxylation is 1. The van der Waals surface area contributed by atoms with E-state index in [1.54, 1.807) is 23.1 Å². The molecule has 172 valence electrons. The Morgan fingerprint density at radius 2 is 2.06 bits per heavy atom. The van der Waals surface area contributed by atoms with Gasteiger partial charge in [0.25, 0.3) is 11.6 Å². The zero-order valence-corrected chi connectivity index (χ0v) is 19.3. The molecule has 0 spiro atoms. The third-order valence-corrected chi connectivity index (χ3v) is 6.66. The number of amides is 1. The Morgan fingerprint density at radius 1 is 1.27 bits per heavy atom. The van der Waals surface area contributed by atoms with Gasteiger partial charge in [0, 0.05) is 44.4 Å². The highest BCUT2D eigenvalue weighted by atomic mass is 32.1. The minimum absolute atomic E-state index is 0.00737. The van der Waals surface area contributed by atoms with E-state index in [1.807, 2.05) is 12.1 Å². The lowest BCUT2D eigenvalue weighted by molar-refractivity contribution is -0.384. The number of morpholine rings is 1. The van der Waals surface area contributed by atoms with E-state index < -0.39 is 4.92 Å². The molecule has 1 aromatic heterocycles. The molecule has 0 saturated carbocycles. The number of ether oxygens (including phenoxy) is 1. The zero-order valence-electron chi connectivity index (χ0n) is 18.5. The molecule has 8 nitrogen and oxygen atoms in total. The number of thiazole rings is 1. The van der Waals surface area contributed by atoms with Gasteiger partial charge in [0.1, 0.15) is 0 Å². The number of nitro groups is 1. The van der Waals surface area contributed by atoms with E-state index in [9.17, 15) is 14.9 Å². The fraction of sp³-hybridized carbons (Fsp3) is 0.333. The second-order valence-electron chi connectivity index (χ2n) is 7.74. The Labute approximate surface area is 196 Å². The molecule has 33 heavy (non-hydrogen) atoms. The van der Waals surface area contributed by atoms with Crippen LogP contribution in [-0.2, 0) is 16.0 Å². The minimum Gasteiger partial charge on any atom is -0.379 e. The van der Waals surface area contributed by atoms with Gasteiger partial charge in [0.2, 0.25) is 0 Å². The van der Waals surface area contributed by atoms with E-state index in [4.69, 9.17) is 9.72 Å². The fourth-order valence-electron chi connectivity index (χ4n) is 3.76. The van der Waals surface area contributed by atoms with Crippen LogP contribution in [0.4, 0.5) is 10.8 Å². The molecule has 0 N–H and O–H groups in total. The predicted molar refractivity (Wildman–Crippen MR) is 131 cm³/mol. The van der Waals surface area contributed by atoms with E-state index in [2.05, 4.69) is 17.9 Å². The molecular formula is C24H26N4O4S. The Balaban J connectivity index is 1.59. The van der Waals surface area contributed by atoms with E-state index in [-0.39, 0.29) is 11.6 Å². The van der Waals surface area contributed by atoms with Crippen molar-refractivity contribution in [3.05, 3.63) is 69.8 Å². The fourth-order valence-corrected chi connectivity index (χ4v) is 4.81. The molecule has 4 rings (SSSR count). The van der Waals surface area contributed by atoms with Crippen molar-refractivity contribution in [1.82, 2.24) is 9.88 Å². The van der Waals surface area contributed by atoms with Gasteiger partial charge in [-0.15, -0.1) is 0 Å².